The number of aromatic amines is 2. The molecule has 0 amide bonds. The molecule has 0 fully saturated rings. The molecule has 0 radical (unpaired) electrons. The van der Waals surface area contributed by atoms with E-state index < -0.39 is 0 Å². The number of hydrogen-bond acceptors (Lipinski definition) is 2. The van der Waals surface area contributed by atoms with Crippen molar-refractivity contribution in [3.8, 4) is 0 Å². The van der Waals surface area contributed by atoms with Gasteiger partial charge in [0.05, 0.1) is 0 Å². The number of nitrogens with one attached hydrogen (secondary N) is 2. The Kier molecular flexibility index (Phi) is 4.68. The van der Waals surface area contributed by atoms with Gasteiger partial charge in [-0.3, -0.25) is 9.59 Å². The molecule has 118 valence electrons. The molecule has 0 spiro atoms. The fourth-order valence-electron chi connectivity index (χ4n) is 2.25. The molecule has 2 N–H and O–H groups in total. The summed E-state index contributed by atoms with van der Waals surface area (Å²) < 4.78 is 0. The molecule has 0 aliphatic heterocycles. The Morgan fingerprint density at radius 2 is 1.21 bits per heavy atom. The molecule has 24 heavy (non-hydrogen) atoms. The van der Waals surface area contributed by atoms with E-state index in [-0.39, 0.29) is 21.8 Å². The summed E-state index contributed by atoms with van der Waals surface area (Å²) in [6, 6.07) is 19.1. The Hall–Kier alpha value is -3.40. The molecule has 0 aliphatic carbocycles. The Morgan fingerprint density at radius 3 is 1.88 bits per heavy atom. The Morgan fingerprint density at radius 1 is 0.667 bits per heavy atom. The maximum Gasteiger partial charge on any atom is 0.272 e. The second-order valence-corrected chi connectivity index (χ2v) is 5.23. The summed E-state index contributed by atoms with van der Waals surface area (Å²) in [5.74, 6) is 0. The summed E-state index contributed by atoms with van der Waals surface area (Å²) in [5.41, 5.74) is 1.19. The first-order valence-electron chi connectivity index (χ1n) is 7.55. The van der Waals surface area contributed by atoms with E-state index >= 15 is 0 Å². The number of aromatic nitrogens is 2. The van der Waals surface area contributed by atoms with Crippen LogP contribution in [0.25, 0.3) is 18.2 Å². The lowest BCUT2D eigenvalue weighted by Gasteiger charge is -1.92. The van der Waals surface area contributed by atoms with E-state index in [1.165, 1.54) is 0 Å². The van der Waals surface area contributed by atoms with Crippen LogP contribution >= 0.6 is 0 Å². The van der Waals surface area contributed by atoms with Gasteiger partial charge in [-0.2, -0.15) is 0 Å². The lowest BCUT2D eigenvalue weighted by molar-refractivity contribution is 1.00. The fraction of sp³-hybridized carbons (Fsp3) is 0. The van der Waals surface area contributed by atoms with Gasteiger partial charge in [-0.1, -0.05) is 72.8 Å². The predicted molar refractivity (Wildman–Crippen MR) is 96.9 cm³/mol. The van der Waals surface area contributed by atoms with E-state index in [9.17, 15) is 9.59 Å². The van der Waals surface area contributed by atoms with Crippen molar-refractivity contribution in [1.82, 2.24) is 9.97 Å². The van der Waals surface area contributed by atoms with E-state index in [0.29, 0.717) is 0 Å². The van der Waals surface area contributed by atoms with Crippen molar-refractivity contribution in [3.63, 3.8) is 0 Å². The number of hydrogen-bond donors (Lipinski definition) is 2. The van der Waals surface area contributed by atoms with Gasteiger partial charge in [0.25, 0.3) is 11.1 Å². The number of benzene rings is 2. The third-order valence-corrected chi connectivity index (χ3v) is 3.45. The Bertz CT molecular complexity index is 1080. The SMILES string of the molecule is O=c1[nH]/c(=C/C=C\c2ccccc2)c(=O)[nH]/c1=C\c1ccccc1. The van der Waals surface area contributed by atoms with Crippen LogP contribution < -0.4 is 21.8 Å². The lowest BCUT2D eigenvalue weighted by atomic mass is 10.2. The summed E-state index contributed by atoms with van der Waals surface area (Å²) >= 11 is 0. The smallest absolute Gasteiger partial charge is 0.272 e. The second-order valence-electron chi connectivity index (χ2n) is 5.23. The van der Waals surface area contributed by atoms with Crippen LogP contribution in [-0.2, 0) is 0 Å². The molecule has 1 heterocycles. The first-order chi connectivity index (χ1) is 11.7. The van der Waals surface area contributed by atoms with Crippen LogP contribution in [0.1, 0.15) is 11.1 Å². The van der Waals surface area contributed by atoms with Gasteiger partial charge in [0.15, 0.2) is 0 Å². The van der Waals surface area contributed by atoms with E-state index in [1.54, 1.807) is 18.2 Å². The maximum atomic E-state index is 12.1. The van der Waals surface area contributed by atoms with Crippen LogP contribution in [-0.4, -0.2) is 9.97 Å². The summed E-state index contributed by atoms with van der Waals surface area (Å²) in [6.45, 7) is 0. The second kappa shape index (κ2) is 7.24. The Balaban J connectivity index is 1.98. The van der Waals surface area contributed by atoms with Crippen molar-refractivity contribution in [2.75, 3.05) is 0 Å². The normalized spacial score (nSPS) is 12.8. The van der Waals surface area contributed by atoms with Gasteiger partial charge in [0.1, 0.15) is 10.7 Å². The van der Waals surface area contributed by atoms with Crippen LogP contribution in [0.4, 0.5) is 0 Å². The van der Waals surface area contributed by atoms with Crippen molar-refractivity contribution < 1.29 is 0 Å². The molecule has 0 atom stereocenters. The molecular weight excluding hydrogens is 300 g/mol. The molecule has 4 heteroatoms. The van der Waals surface area contributed by atoms with Crippen molar-refractivity contribution in [3.05, 3.63) is 109 Å². The van der Waals surface area contributed by atoms with Crippen molar-refractivity contribution in [2.24, 2.45) is 0 Å². The van der Waals surface area contributed by atoms with Gasteiger partial charge < -0.3 is 9.97 Å². The minimum absolute atomic E-state index is 0.220. The van der Waals surface area contributed by atoms with Gasteiger partial charge in [-0.15, -0.1) is 0 Å². The van der Waals surface area contributed by atoms with Gasteiger partial charge in [-0.05, 0) is 23.3 Å². The molecule has 0 saturated heterocycles. The molecule has 4 nitrogen and oxygen atoms in total. The van der Waals surface area contributed by atoms with Gasteiger partial charge in [0, 0.05) is 0 Å². The molecule has 3 aromatic rings. The molecule has 0 saturated carbocycles. The van der Waals surface area contributed by atoms with Crippen molar-refractivity contribution >= 4 is 18.2 Å². The monoisotopic (exact) mass is 316 g/mol. The third-order valence-electron chi connectivity index (χ3n) is 3.45. The quantitative estimate of drug-likeness (QED) is 0.767. The molecule has 1 aromatic heterocycles. The van der Waals surface area contributed by atoms with Gasteiger partial charge in [0.2, 0.25) is 0 Å². The maximum absolute atomic E-state index is 12.1. The third kappa shape index (κ3) is 3.87. The minimum Gasteiger partial charge on any atom is -0.316 e. The summed E-state index contributed by atoms with van der Waals surface area (Å²) in [6.07, 6.45) is 6.82. The highest BCUT2D eigenvalue weighted by molar-refractivity contribution is 5.56. The number of allylic oxidation sites excluding steroid dienone is 1. The zero-order valence-corrected chi connectivity index (χ0v) is 12.9. The zero-order chi connectivity index (χ0) is 16.8. The fourth-order valence-corrected chi connectivity index (χ4v) is 2.25. The first kappa shape index (κ1) is 15.5. The van der Waals surface area contributed by atoms with Gasteiger partial charge in [-0.25, -0.2) is 0 Å². The van der Waals surface area contributed by atoms with Crippen LogP contribution in [0.5, 0.6) is 0 Å². The number of rotatable bonds is 3. The summed E-state index contributed by atoms with van der Waals surface area (Å²) in [7, 11) is 0. The van der Waals surface area contributed by atoms with Crippen LogP contribution in [0, 0.1) is 0 Å². The highest BCUT2D eigenvalue weighted by atomic mass is 16.1. The largest absolute Gasteiger partial charge is 0.316 e. The van der Waals surface area contributed by atoms with Crippen molar-refractivity contribution in [2.45, 2.75) is 0 Å². The first-order valence-corrected chi connectivity index (χ1v) is 7.55. The van der Waals surface area contributed by atoms with E-state index in [0.717, 1.165) is 11.1 Å². The molecule has 0 bridgehead atoms. The zero-order valence-electron chi connectivity index (χ0n) is 12.9. The van der Waals surface area contributed by atoms with E-state index in [2.05, 4.69) is 9.97 Å². The summed E-state index contributed by atoms with van der Waals surface area (Å²) in [5, 5.41) is 0.452. The summed E-state index contributed by atoms with van der Waals surface area (Å²) in [4.78, 5) is 29.5. The van der Waals surface area contributed by atoms with Crippen LogP contribution in [0.2, 0.25) is 0 Å². The molecule has 0 aliphatic rings. The number of H-pyrrole nitrogens is 2. The van der Waals surface area contributed by atoms with E-state index in [4.69, 9.17) is 0 Å². The molecule has 2 aromatic carbocycles. The Labute approximate surface area is 138 Å². The topological polar surface area (TPSA) is 65.7 Å². The average Bonchev–Trinajstić information content (AvgIpc) is 2.61. The average molecular weight is 316 g/mol. The van der Waals surface area contributed by atoms with Gasteiger partial charge >= 0.3 is 0 Å². The predicted octanol–water partition coefficient (Wildman–Crippen LogP) is 1.39. The standard InChI is InChI=1S/C20H16N2O2/c23-19-17(13-7-12-15-8-3-1-4-9-15)21-20(24)18(22-19)14-16-10-5-2-6-11-16/h1-14H,(H,21,24)(H,22,23)/b12-7-,17-13+,18-14-. The van der Waals surface area contributed by atoms with E-state index in [1.807, 2.05) is 66.7 Å². The highest BCUT2D eigenvalue weighted by Gasteiger charge is 1.95. The van der Waals surface area contributed by atoms with Crippen LogP contribution in [0.3, 0.4) is 0 Å². The van der Waals surface area contributed by atoms with Crippen molar-refractivity contribution in [1.29, 1.82) is 0 Å². The molecule has 0 unspecified atom stereocenters. The highest BCUT2D eigenvalue weighted by Crippen LogP contribution is 2.00. The lowest BCUT2D eigenvalue weighted by Crippen LogP contribution is -2.46. The molecule has 3 rings (SSSR count). The minimum atomic E-state index is -0.338. The van der Waals surface area contributed by atoms with Crippen LogP contribution in [0.15, 0.2) is 76.3 Å². The molecular formula is C20H16N2O2.